The van der Waals surface area contributed by atoms with Crippen LogP contribution in [0.1, 0.15) is 46.5 Å². The van der Waals surface area contributed by atoms with Crippen molar-refractivity contribution in [1.82, 2.24) is 16.0 Å². The Balaban J connectivity index is 2.19. The molecule has 5 heteroatoms. The molecule has 0 spiro atoms. The van der Waals surface area contributed by atoms with E-state index in [2.05, 4.69) is 27.9 Å². The van der Waals surface area contributed by atoms with Gasteiger partial charge in [-0.3, -0.25) is 9.79 Å². The summed E-state index contributed by atoms with van der Waals surface area (Å²) in [7, 11) is 0. The highest BCUT2D eigenvalue weighted by molar-refractivity contribution is 5.81. The molecule has 110 valence electrons. The summed E-state index contributed by atoms with van der Waals surface area (Å²) in [6.07, 6.45) is 4.06. The zero-order valence-corrected chi connectivity index (χ0v) is 12.5. The fraction of sp³-hybridized carbons (Fsp3) is 0.857. The van der Waals surface area contributed by atoms with Gasteiger partial charge in [0.05, 0.1) is 0 Å². The number of carbonyl (C=O) groups excluding carboxylic acids is 1. The summed E-state index contributed by atoms with van der Waals surface area (Å²) in [5.41, 5.74) is 0. The highest BCUT2D eigenvalue weighted by Crippen LogP contribution is 2.28. The van der Waals surface area contributed by atoms with E-state index in [1.807, 2.05) is 13.8 Å². The van der Waals surface area contributed by atoms with Gasteiger partial charge < -0.3 is 16.0 Å². The minimum absolute atomic E-state index is 0.0971. The van der Waals surface area contributed by atoms with E-state index in [4.69, 9.17) is 0 Å². The first-order valence-corrected chi connectivity index (χ1v) is 7.47. The molecular formula is C14H28N4O. The molecular weight excluding hydrogens is 240 g/mol. The average Bonchev–Trinajstić information content (AvgIpc) is 3.19. The summed E-state index contributed by atoms with van der Waals surface area (Å²) in [6.45, 7) is 8.50. The fourth-order valence-electron chi connectivity index (χ4n) is 1.61. The summed E-state index contributed by atoms with van der Waals surface area (Å²) in [6, 6.07) is 0.254. The Hall–Kier alpha value is -1.26. The Kier molecular flexibility index (Phi) is 7.30. The molecule has 1 saturated carbocycles. The molecule has 0 aliphatic heterocycles. The average molecular weight is 268 g/mol. The van der Waals surface area contributed by atoms with Gasteiger partial charge in [-0.05, 0) is 39.0 Å². The molecule has 0 bridgehead atoms. The molecule has 1 fully saturated rings. The standard InChI is InChI=1S/C14H28N4O/c1-4-11(3)18-13(19)8-9-16-14(15-5-2)17-10-12-6-7-12/h11-12H,4-10H2,1-3H3,(H,18,19)(H2,15,16,17). The lowest BCUT2D eigenvalue weighted by Crippen LogP contribution is -2.40. The summed E-state index contributed by atoms with van der Waals surface area (Å²) in [5, 5.41) is 9.36. The molecule has 1 atom stereocenters. The molecule has 1 unspecified atom stereocenters. The van der Waals surface area contributed by atoms with Crippen LogP contribution >= 0.6 is 0 Å². The normalized spacial score (nSPS) is 16.9. The number of rotatable bonds is 8. The maximum Gasteiger partial charge on any atom is 0.221 e. The van der Waals surface area contributed by atoms with Gasteiger partial charge in [-0.2, -0.15) is 0 Å². The SMILES string of the molecule is CCNC(=NCC1CC1)NCCC(=O)NC(C)CC. The molecule has 1 rings (SSSR count). The topological polar surface area (TPSA) is 65.5 Å². The fourth-order valence-corrected chi connectivity index (χ4v) is 1.61. The van der Waals surface area contributed by atoms with Crippen LogP contribution in [0.25, 0.3) is 0 Å². The Bertz CT molecular complexity index is 300. The quantitative estimate of drug-likeness (QED) is 0.458. The van der Waals surface area contributed by atoms with Crippen LogP contribution in [0.3, 0.4) is 0 Å². The molecule has 0 aromatic carbocycles. The second kappa shape index (κ2) is 8.77. The molecule has 19 heavy (non-hydrogen) atoms. The highest BCUT2D eigenvalue weighted by atomic mass is 16.1. The number of carbonyl (C=O) groups is 1. The van der Waals surface area contributed by atoms with Gasteiger partial charge in [0.25, 0.3) is 0 Å². The van der Waals surface area contributed by atoms with Gasteiger partial charge in [-0.25, -0.2) is 0 Å². The molecule has 0 radical (unpaired) electrons. The van der Waals surface area contributed by atoms with E-state index in [1.54, 1.807) is 0 Å². The summed E-state index contributed by atoms with van der Waals surface area (Å²) < 4.78 is 0. The van der Waals surface area contributed by atoms with E-state index in [0.717, 1.165) is 31.4 Å². The molecule has 1 amide bonds. The lowest BCUT2D eigenvalue weighted by molar-refractivity contribution is -0.121. The van der Waals surface area contributed by atoms with E-state index < -0.39 is 0 Å². The highest BCUT2D eigenvalue weighted by Gasteiger charge is 2.20. The van der Waals surface area contributed by atoms with Crippen LogP contribution in [0.15, 0.2) is 4.99 Å². The summed E-state index contributed by atoms with van der Waals surface area (Å²) in [5.74, 6) is 1.70. The van der Waals surface area contributed by atoms with Crippen molar-refractivity contribution in [3.05, 3.63) is 0 Å². The largest absolute Gasteiger partial charge is 0.357 e. The Labute approximate surface area is 116 Å². The predicted octanol–water partition coefficient (Wildman–Crippen LogP) is 1.26. The minimum atomic E-state index is 0.0971. The summed E-state index contributed by atoms with van der Waals surface area (Å²) >= 11 is 0. The van der Waals surface area contributed by atoms with Crippen molar-refractivity contribution in [3.8, 4) is 0 Å². The molecule has 5 nitrogen and oxygen atoms in total. The maximum atomic E-state index is 11.6. The number of guanidine groups is 1. The Morgan fingerprint density at radius 1 is 1.32 bits per heavy atom. The number of aliphatic imine (C=N–C) groups is 1. The predicted molar refractivity (Wildman–Crippen MR) is 79.2 cm³/mol. The number of amides is 1. The first-order valence-electron chi connectivity index (χ1n) is 7.47. The van der Waals surface area contributed by atoms with E-state index in [0.29, 0.717) is 13.0 Å². The second-order valence-corrected chi connectivity index (χ2v) is 5.22. The van der Waals surface area contributed by atoms with Gasteiger partial charge in [-0.1, -0.05) is 6.92 Å². The molecule has 0 saturated heterocycles. The third-order valence-corrected chi connectivity index (χ3v) is 3.21. The minimum Gasteiger partial charge on any atom is -0.357 e. The van der Waals surface area contributed by atoms with Crippen LogP contribution in [0.4, 0.5) is 0 Å². The zero-order chi connectivity index (χ0) is 14.1. The van der Waals surface area contributed by atoms with E-state index in [-0.39, 0.29) is 11.9 Å². The van der Waals surface area contributed by atoms with Gasteiger partial charge in [0, 0.05) is 32.1 Å². The van der Waals surface area contributed by atoms with Crippen molar-refractivity contribution >= 4 is 11.9 Å². The van der Waals surface area contributed by atoms with Gasteiger partial charge in [-0.15, -0.1) is 0 Å². The molecule has 3 N–H and O–H groups in total. The van der Waals surface area contributed by atoms with Crippen molar-refractivity contribution < 1.29 is 4.79 Å². The molecule has 0 aromatic heterocycles. The zero-order valence-electron chi connectivity index (χ0n) is 12.5. The maximum absolute atomic E-state index is 11.6. The van der Waals surface area contributed by atoms with Crippen LogP contribution in [-0.4, -0.2) is 37.5 Å². The van der Waals surface area contributed by atoms with Gasteiger partial charge in [0.1, 0.15) is 0 Å². The van der Waals surface area contributed by atoms with Crippen molar-refractivity contribution in [2.45, 2.75) is 52.5 Å². The Morgan fingerprint density at radius 2 is 2.05 bits per heavy atom. The Morgan fingerprint density at radius 3 is 2.63 bits per heavy atom. The van der Waals surface area contributed by atoms with Crippen LogP contribution < -0.4 is 16.0 Å². The van der Waals surface area contributed by atoms with Crippen LogP contribution in [0, 0.1) is 5.92 Å². The monoisotopic (exact) mass is 268 g/mol. The van der Waals surface area contributed by atoms with Crippen molar-refractivity contribution in [2.75, 3.05) is 19.6 Å². The van der Waals surface area contributed by atoms with E-state index in [9.17, 15) is 4.79 Å². The lowest BCUT2D eigenvalue weighted by Gasteiger charge is -2.13. The van der Waals surface area contributed by atoms with Crippen molar-refractivity contribution in [3.63, 3.8) is 0 Å². The van der Waals surface area contributed by atoms with Gasteiger partial charge in [0.2, 0.25) is 5.91 Å². The first kappa shape index (κ1) is 15.8. The molecule has 0 heterocycles. The number of nitrogens with one attached hydrogen (secondary N) is 3. The molecule has 1 aliphatic rings. The number of hydrogen-bond acceptors (Lipinski definition) is 2. The van der Waals surface area contributed by atoms with Crippen molar-refractivity contribution in [2.24, 2.45) is 10.9 Å². The van der Waals surface area contributed by atoms with E-state index in [1.165, 1.54) is 12.8 Å². The van der Waals surface area contributed by atoms with Crippen molar-refractivity contribution in [1.29, 1.82) is 0 Å². The number of nitrogens with zero attached hydrogens (tertiary/aromatic N) is 1. The van der Waals surface area contributed by atoms with Crippen LogP contribution in [-0.2, 0) is 4.79 Å². The van der Waals surface area contributed by atoms with Gasteiger partial charge >= 0.3 is 0 Å². The first-order chi connectivity index (χ1) is 9.15. The third-order valence-electron chi connectivity index (χ3n) is 3.21. The van der Waals surface area contributed by atoms with Gasteiger partial charge in [0.15, 0.2) is 5.96 Å². The third kappa shape index (κ3) is 7.70. The van der Waals surface area contributed by atoms with E-state index >= 15 is 0 Å². The van der Waals surface area contributed by atoms with Crippen LogP contribution in [0.5, 0.6) is 0 Å². The molecule has 0 aromatic rings. The lowest BCUT2D eigenvalue weighted by atomic mass is 10.2. The second-order valence-electron chi connectivity index (χ2n) is 5.22. The summed E-state index contributed by atoms with van der Waals surface area (Å²) in [4.78, 5) is 16.1. The molecule has 1 aliphatic carbocycles. The van der Waals surface area contributed by atoms with Crippen LogP contribution in [0.2, 0.25) is 0 Å². The smallest absolute Gasteiger partial charge is 0.221 e. The number of hydrogen-bond donors (Lipinski definition) is 3.